The van der Waals surface area contributed by atoms with Crippen molar-refractivity contribution in [2.24, 2.45) is 5.41 Å². The van der Waals surface area contributed by atoms with Gasteiger partial charge in [-0.05, 0) is 48.9 Å². The highest BCUT2D eigenvalue weighted by Gasteiger charge is 2.23. The number of aryl methyl sites for hydroxylation is 1. The van der Waals surface area contributed by atoms with Gasteiger partial charge in [-0.3, -0.25) is 4.79 Å². The van der Waals surface area contributed by atoms with Crippen LogP contribution in [-0.2, 0) is 4.79 Å². The second-order valence-electron chi connectivity index (χ2n) is 7.30. The summed E-state index contributed by atoms with van der Waals surface area (Å²) in [5, 5.41) is 16.0. The highest BCUT2D eigenvalue weighted by atomic mass is 16.4. The number of amides is 1. The lowest BCUT2D eigenvalue weighted by Gasteiger charge is -2.21. The van der Waals surface area contributed by atoms with Gasteiger partial charge in [0, 0.05) is 5.56 Å². The van der Waals surface area contributed by atoms with E-state index in [9.17, 15) is 14.7 Å². The molecular formula is C18H24N4O3. The molecular weight excluding hydrogens is 320 g/mol. The summed E-state index contributed by atoms with van der Waals surface area (Å²) >= 11 is 0. The Kier molecular flexibility index (Phi) is 5.56. The summed E-state index contributed by atoms with van der Waals surface area (Å²) in [5.74, 6) is -1.41. The molecule has 134 valence electrons. The standard InChI is InChI=1S/C18H24N4O3/c1-12-9-13(5-6-15(12)22-11-19-10-20-22)16(23)21-14(17(24)25)7-8-18(2,3)4/h5-6,9-11,14H,7-8H2,1-4H3,(H,21,23)(H,24,25). The monoisotopic (exact) mass is 344 g/mol. The summed E-state index contributed by atoms with van der Waals surface area (Å²) in [4.78, 5) is 27.8. The van der Waals surface area contributed by atoms with Gasteiger partial charge in [-0.15, -0.1) is 0 Å². The van der Waals surface area contributed by atoms with Crippen molar-refractivity contribution in [1.82, 2.24) is 20.1 Å². The van der Waals surface area contributed by atoms with E-state index < -0.39 is 17.9 Å². The van der Waals surface area contributed by atoms with Crippen LogP contribution in [0, 0.1) is 12.3 Å². The smallest absolute Gasteiger partial charge is 0.326 e. The Morgan fingerprint density at radius 1 is 1.32 bits per heavy atom. The molecule has 0 saturated heterocycles. The number of rotatable bonds is 6. The van der Waals surface area contributed by atoms with Crippen LogP contribution >= 0.6 is 0 Å². The number of hydrogen-bond acceptors (Lipinski definition) is 4. The predicted octanol–water partition coefficient (Wildman–Crippen LogP) is 2.59. The van der Waals surface area contributed by atoms with Crippen molar-refractivity contribution in [2.45, 2.75) is 46.6 Å². The van der Waals surface area contributed by atoms with Crippen LogP contribution in [0.15, 0.2) is 30.9 Å². The van der Waals surface area contributed by atoms with Crippen LogP contribution in [0.3, 0.4) is 0 Å². The number of carbonyl (C=O) groups excluding carboxylic acids is 1. The Labute approximate surface area is 147 Å². The Morgan fingerprint density at radius 3 is 2.56 bits per heavy atom. The average molecular weight is 344 g/mol. The molecule has 7 nitrogen and oxygen atoms in total. The topological polar surface area (TPSA) is 97.1 Å². The van der Waals surface area contributed by atoms with E-state index in [0.29, 0.717) is 18.4 Å². The van der Waals surface area contributed by atoms with E-state index in [4.69, 9.17) is 0 Å². The molecule has 1 aromatic carbocycles. The van der Waals surface area contributed by atoms with Gasteiger partial charge < -0.3 is 10.4 Å². The highest BCUT2D eigenvalue weighted by Crippen LogP contribution is 2.22. The van der Waals surface area contributed by atoms with Crippen LogP contribution in [0.5, 0.6) is 0 Å². The van der Waals surface area contributed by atoms with Crippen LogP contribution in [0.2, 0.25) is 0 Å². The molecule has 0 aliphatic heterocycles. The molecule has 2 N–H and O–H groups in total. The van der Waals surface area contributed by atoms with Crippen LogP contribution in [-0.4, -0.2) is 37.8 Å². The third-order valence-corrected chi connectivity index (χ3v) is 3.91. The molecule has 0 saturated carbocycles. The third kappa shape index (κ3) is 5.14. The van der Waals surface area contributed by atoms with Crippen LogP contribution in [0.25, 0.3) is 5.69 Å². The van der Waals surface area contributed by atoms with E-state index >= 15 is 0 Å². The molecule has 0 spiro atoms. The number of benzene rings is 1. The fraction of sp³-hybridized carbons (Fsp3) is 0.444. The summed E-state index contributed by atoms with van der Waals surface area (Å²) in [6.07, 6.45) is 4.11. The van der Waals surface area contributed by atoms with Crippen molar-refractivity contribution < 1.29 is 14.7 Å². The second-order valence-corrected chi connectivity index (χ2v) is 7.30. The van der Waals surface area contributed by atoms with Gasteiger partial charge in [-0.2, -0.15) is 5.10 Å². The van der Waals surface area contributed by atoms with Crippen LogP contribution in [0.4, 0.5) is 0 Å². The molecule has 0 bridgehead atoms. The maximum Gasteiger partial charge on any atom is 0.326 e. The molecule has 0 fully saturated rings. The summed E-state index contributed by atoms with van der Waals surface area (Å²) in [7, 11) is 0. The lowest BCUT2D eigenvalue weighted by molar-refractivity contribution is -0.139. The lowest BCUT2D eigenvalue weighted by Crippen LogP contribution is -2.41. The Bertz CT molecular complexity index is 748. The molecule has 0 radical (unpaired) electrons. The van der Waals surface area contributed by atoms with Crippen LogP contribution < -0.4 is 5.32 Å². The van der Waals surface area contributed by atoms with Gasteiger partial charge in [0.2, 0.25) is 0 Å². The van der Waals surface area contributed by atoms with Crippen molar-refractivity contribution in [3.8, 4) is 5.69 Å². The number of nitrogens with one attached hydrogen (secondary N) is 1. The minimum atomic E-state index is -1.02. The van der Waals surface area contributed by atoms with Crippen molar-refractivity contribution in [3.63, 3.8) is 0 Å². The van der Waals surface area contributed by atoms with Crippen LogP contribution in [0.1, 0.15) is 49.5 Å². The van der Waals surface area contributed by atoms with E-state index in [1.165, 1.54) is 6.33 Å². The maximum atomic E-state index is 12.4. The van der Waals surface area contributed by atoms with Crippen molar-refractivity contribution in [3.05, 3.63) is 42.0 Å². The fourth-order valence-electron chi connectivity index (χ4n) is 2.46. The number of carboxylic acids is 1. The quantitative estimate of drug-likeness (QED) is 0.839. The molecule has 1 unspecified atom stereocenters. The Balaban J connectivity index is 2.11. The summed E-state index contributed by atoms with van der Waals surface area (Å²) in [6, 6.07) is 4.24. The van der Waals surface area contributed by atoms with Gasteiger partial charge >= 0.3 is 5.97 Å². The molecule has 0 aliphatic carbocycles. The first kappa shape index (κ1) is 18.6. The Morgan fingerprint density at radius 2 is 2.04 bits per heavy atom. The SMILES string of the molecule is Cc1cc(C(=O)NC(CCC(C)(C)C)C(=O)O)ccc1-n1cncn1. The van der Waals surface area contributed by atoms with Gasteiger partial charge in [0.1, 0.15) is 18.7 Å². The average Bonchev–Trinajstić information content (AvgIpc) is 3.03. The van der Waals surface area contributed by atoms with Crippen molar-refractivity contribution >= 4 is 11.9 Å². The molecule has 1 amide bonds. The second kappa shape index (κ2) is 7.46. The predicted molar refractivity (Wildman–Crippen MR) is 93.7 cm³/mol. The minimum absolute atomic E-state index is 0.00840. The van der Waals surface area contributed by atoms with Gasteiger partial charge in [0.05, 0.1) is 5.69 Å². The highest BCUT2D eigenvalue weighted by molar-refractivity contribution is 5.97. The third-order valence-electron chi connectivity index (χ3n) is 3.91. The fourth-order valence-corrected chi connectivity index (χ4v) is 2.46. The largest absolute Gasteiger partial charge is 0.480 e. The van der Waals surface area contributed by atoms with Gasteiger partial charge in [-0.25, -0.2) is 14.5 Å². The minimum Gasteiger partial charge on any atom is -0.480 e. The van der Waals surface area contributed by atoms with Gasteiger partial charge in [0.15, 0.2) is 0 Å². The molecule has 2 rings (SSSR count). The molecule has 0 aliphatic rings. The molecule has 7 heteroatoms. The zero-order valence-corrected chi connectivity index (χ0v) is 15.0. The molecule has 2 aromatic rings. The van der Waals surface area contributed by atoms with Gasteiger partial charge in [0.25, 0.3) is 5.91 Å². The first-order chi connectivity index (χ1) is 11.7. The van der Waals surface area contributed by atoms with Crippen molar-refractivity contribution in [1.29, 1.82) is 0 Å². The zero-order chi connectivity index (χ0) is 18.6. The lowest BCUT2D eigenvalue weighted by atomic mass is 9.88. The van der Waals surface area contributed by atoms with E-state index in [-0.39, 0.29) is 5.41 Å². The first-order valence-corrected chi connectivity index (χ1v) is 8.17. The van der Waals surface area contributed by atoms with E-state index in [0.717, 1.165) is 11.3 Å². The van der Waals surface area contributed by atoms with E-state index in [1.807, 2.05) is 27.7 Å². The van der Waals surface area contributed by atoms with Crippen molar-refractivity contribution in [2.75, 3.05) is 0 Å². The molecule has 1 atom stereocenters. The number of hydrogen-bond donors (Lipinski definition) is 2. The number of aliphatic carboxylic acids is 1. The zero-order valence-electron chi connectivity index (χ0n) is 15.0. The summed E-state index contributed by atoms with van der Waals surface area (Å²) < 4.78 is 1.61. The number of aromatic nitrogens is 3. The van der Waals surface area contributed by atoms with Gasteiger partial charge in [-0.1, -0.05) is 20.8 Å². The van der Waals surface area contributed by atoms with E-state index in [1.54, 1.807) is 29.2 Å². The molecule has 1 aromatic heterocycles. The molecule has 25 heavy (non-hydrogen) atoms. The number of carbonyl (C=O) groups is 2. The number of nitrogens with zero attached hydrogens (tertiary/aromatic N) is 3. The summed E-state index contributed by atoms with van der Waals surface area (Å²) in [6.45, 7) is 7.99. The summed E-state index contributed by atoms with van der Waals surface area (Å²) in [5.41, 5.74) is 2.09. The first-order valence-electron chi connectivity index (χ1n) is 8.17. The van der Waals surface area contributed by atoms with E-state index in [2.05, 4.69) is 15.4 Å². The number of carboxylic acid groups (broad SMARTS) is 1. The Hall–Kier alpha value is -2.70. The molecule has 1 heterocycles. The maximum absolute atomic E-state index is 12.4. The normalized spacial score (nSPS) is 12.6.